The molecule has 0 bridgehead atoms. The Bertz CT molecular complexity index is 926. The van der Waals surface area contributed by atoms with Crippen LogP contribution < -0.4 is 16.2 Å². The summed E-state index contributed by atoms with van der Waals surface area (Å²) < 4.78 is 2.16. The maximum absolute atomic E-state index is 12.6. The molecule has 1 atom stereocenters. The summed E-state index contributed by atoms with van der Waals surface area (Å²) in [5.41, 5.74) is 1.67. The number of piperidine rings is 1. The van der Waals surface area contributed by atoms with Gasteiger partial charge >= 0.3 is 6.03 Å². The number of carbonyl (C=O) groups is 2. The molecule has 2 N–H and O–H groups in total. The van der Waals surface area contributed by atoms with Gasteiger partial charge in [-0.2, -0.15) is 0 Å². The highest BCUT2D eigenvalue weighted by Gasteiger charge is 2.24. The number of rotatable bonds is 5. The normalized spacial score (nSPS) is 16.3. The molecule has 1 aliphatic heterocycles. The molecule has 0 radical (unpaired) electrons. The lowest BCUT2D eigenvalue weighted by Crippen LogP contribution is -2.45. The molecule has 29 heavy (non-hydrogen) atoms. The monoisotopic (exact) mass is 460 g/mol. The van der Waals surface area contributed by atoms with Crippen LogP contribution in [0.3, 0.4) is 0 Å². The zero-order chi connectivity index (χ0) is 20.8. The van der Waals surface area contributed by atoms with Gasteiger partial charge in [-0.05, 0) is 59.8 Å². The first-order valence-electron chi connectivity index (χ1n) is 9.66. The highest BCUT2D eigenvalue weighted by atomic mass is 79.9. The predicted molar refractivity (Wildman–Crippen MR) is 116 cm³/mol. The fourth-order valence-electron chi connectivity index (χ4n) is 3.38. The molecule has 1 saturated heterocycles. The summed E-state index contributed by atoms with van der Waals surface area (Å²) in [6.45, 7) is 3.76. The van der Waals surface area contributed by atoms with Gasteiger partial charge in [-0.1, -0.05) is 17.7 Å². The summed E-state index contributed by atoms with van der Waals surface area (Å²) in [4.78, 5) is 38.5. The van der Waals surface area contributed by atoms with Gasteiger partial charge in [-0.15, -0.1) is 0 Å². The molecule has 154 valence electrons. The zero-order valence-corrected chi connectivity index (χ0v) is 17.9. The third-order valence-electron chi connectivity index (χ3n) is 4.99. The largest absolute Gasteiger partial charge is 0.341 e. The van der Waals surface area contributed by atoms with Crippen molar-refractivity contribution in [3.8, 4) is 0 Å². The van der Waals surface area contributed by atoms with E-state index >= 15 is 0 Å². The van der Waals surface area contributed by atoms with E-state index in [1.54, 1.807) is 17.2 Å². The van der Waals surface area contributed by atoms with E-state index in [-0.39, 0.29) is 30.0 Å². The Morgan fingerprint density at radius 3 is 2.69 bits per heavy atom. The van der Waals surface area contributed by atoms with Gasteiger partial charge in [0.15, 0.2) is 0 Å². The van der Waals surface area contributed by atoms with Crippen LogP contribution in [0.25, 0.3) is 0 Å². The van der Waals surface area contributed by atoms with Gasteiger partial charge in [0.2, 0.25) is 5.91 Å². The molecule has 3 amide bonds. The standard InChI is InChI=1S/C21H25BrN4O3/c1-15-4-7-18(8-5-15)24-21(29)23-11-16-3-2-10-25(12-16)20(28)14-26-13-17(22)6-9-19(26)27/h4-9,13,16H,2-3,10-12,14H2,1H3,(H2,23,24,29). The molecule has 8 heteroatoms. The summed E-state index contributed by atoms with van der Waals surface area (Å²) >= 11 is 3.32. The van der Waals surface area contributed by atoms with E-state index in [0.717, 1.165) is 28.6 Å². The fourth-order valence-corrected chi connectivity index (χ4v) is 3.76. The number of aryl methyl sites for hydroxylation is 1. The first-order chi connectivity index (χ1) is 13.9. The minimum Gasteiger partial charge on any atom is -0.341 e. The first-order valence-corrected chi connectivity index (χ1v) is 10.5. The van der Waals surface area contributed by atoms with Gasteiger partial charge in [0.05, 0.1) is 0 Å². The number of pyridine rings is 1. The quantitative estimate of drug-likeness (QED) is 0.719. The molecule has 1 fully saturated rings. The summed E-state index contributed by atoms with van der Waals surface area (Å²) in [6, 6.07) is 10.5. The lowest BCUT2D eigenvalue weighted by molar-refractivity contribution is -0.133. The van der Waals surface area contributed by atoms with Crippen molar-refractivity contribution in [1.29, 1.82) is 0 Å². The molecule has 7 nitrogen and oxygen atoms in total. The molecular weight excluding hydrogens is 436 g/mol. The van der Waals surface area contributed by atoms with Crippen LogP contribution in [0.5, 0.6) is 0 Å². The van der Waals surface area contributed by atoms with Crippen LogP contribution in [0.2, 0.25) is 0 Å². The summed E-state index contributed by atoms with van der Waals surface area (Å²) in [6.07, 6.45) is 3.45. The lowest BCUT2D eigenvalue weighted by Gasteiger charge is -2.33. The van der Waals surface area contributed by atoms with Crippen molar-refractivity contribution < 1.29 is 9.59 Å². The molecule has 1 aromatic heterocycles. The van der Waals surface area contributed by atoms with Gasteiger partial charge in [0.25, 0.3) is 5.56 Å². The van der Waals surface area contributed by atoms with Crippen LogP contribution >= 0.6 is 15.9 Å². The fraction of sp³-hybridized carbons (Fsp3) is 0.381. The number of nitrogens with one attached hydrogen (secondary N) is 2. The molecule has 0 saturated carbocycles. The second-order valence-corrected chi connectivity index (χ2v) is 8.28. The molecule has 3 rings (SSSR count). The number of anilines is 1. The number of hydrogen-bond donors (Lipinski definition) is 2. The molecular formula is C21H25BrN4O3. The van der Waals surface area contributed by atoms with Crippen molar-refractivity contribution in [3.63, 3.8) is 0 Å². The van der Waals surface area contributed by atoms with E-state index in [2.05, 4.69) is 26.6 Å². The smallest absolute Gasteiger partial charge is 0.319 e. The van der Waals surface area contributed by atoms with Crippen LogP contribution in [0.15, 0.2) is 51.9 Å². The Morgan fingerprint density at radius 2 is 1.93 bits per heavy atom. The van der Waals surface area contributed by atoms with E-state index in [0.29, 0.717) is 19.6 Å². The van der Waals surface area contributed by atoms with Gasteiger partial charge in [0.1, 0.15) is 6.54 Å². The predicted octanol–water partition coefficient (Wildman–Crippen LogP) is 2.98. The van der Waals surface area contributed by atoms with Crippen molar-refractivity contribution >= 4 is 33.6 Å². The minimum absolute atomic E-state index is 0.0202. The average Bonchev–Trinajstić information content (AvgIpc) is 2.71. The van der Waals surface area contributed by atoms with E-state index < -0.39 is 0 Å². The first kappa shape index (κ1) is 21.1. The van der Waals surface area contributed by atoms with Crippen molar-refractivity contribution in [2.45, 2.75) is 26.3 Å². The van der Waals surface area contributed by atoms with Crippen molar-refractivity contribution in [3.05, 3.63) is 63.0 Å². The number of amides is 3. The van der Waals surface area contributed by atoms with E-state index in [9.17, 15) is 14.4 Å². The Labute approximate surface area is 178 Å². The minimum atomic E-state index is -0.252. The van der Waals surface area contributed by atoms with Crippen molar-refractivity contribution in [2.24, 2.45) is 5.92 Å². The van der Waals surface area contributed by atoms with Crippen LogP contribution in [-0.2, 0) is 11.3 Å². The number of benzene rings is 1. The maximum Gasteiger partial charge on any atom is 0.319 e. The van der Waals surface area contributed by atoms with E-state index in [1.807, 2.05) is 31.2 Å². The number of halogens is 1. The van der Waals surface area contributed by atoms with E-state index in [4.69, 9.17) is 0 Å². The SMILES string of the molecule is Cc1ccc(NC(=O)NCC2CCCN(C(=O)Cn3cc(Br)ccc3=O)C2)cc1. The van der Waals surface area contributed by atoms with Crippen LogP contribution in [0, 0.1) is 12.8 Å². The van der Waals surface area contributed by atoms with Gasteiger partial charge in [-0.3, -0.25) is 9.59 Å². The second kappa shape index (κ2) is 9.73. The highest BCUT2D eigenvalue weighted by Crippen LogP contribution is 2.17. The lowest BCUT2D eigenvalue weighted by atomic mass is 9.98. The van der Waals surface area contributed by atoms with Crippen LogP contribution in [0.1, 0.15) is 18.4 Å². The van der Waals surface area contributed by atoms with Crippen LogP contribution in [0.4, 0.5) is 10.5 Å². The van der Waals surface area contributed by atoms with Crippen LogP contribution in [-0.4, -0.2) is 41.0 Å². The summed E-state index contributed by atoms with van der Waals surface area (Å²) in [7, 11) is 0. The highest BCUT2D eigenvalue weighted by molar-refractivity contribution is 9.10. The average molecular weight is 461 g/mol. The number of carbonyl (C=O) groups excluding carboxylic acids is 2. The number of likely N-dealkylation sites (tertiary alicyclic amines) is 1. The molecule has 2 heterocycles. The third-order valence-corrected chi connectivity index (χ3v) is 5.45. The maximum atomic E-state index is 12.6. The Morgan fingerprint density at radius 1 is 1.17 bits per heavy atom. The Hall–Kier alpha value is -2.61. The Balaban J connectivity index is 1.49. The van der Waals surface area contributed by atoms with Gasteiger partial charge in [-0.25, -0.2) is 4.79 Å². The molecule has 2 aromatic rings. The van der Waals surface area contributed by atoms with Gasteiger partial charge in [0, 0.05) is 42.1 Å². The summed E-state index contributed by atoms with van der Waals surface area (Å²) in [5.74, 6) is 0.106. The Kier molecular flexibility index (Phi) is 7.09. The van der Waals surface area contributed by atoms with Gasteiger partial charge < -0.3 is 20.1 Å². The topological polar surface area (TPSA) is 83.4 Å². The number of urea groups is 1. The molecule has 0 spiro atoms. The number of aromatic nitrogens is 1. The molecule has 1 unspecified atom stereocenters. The van der Waals surface area contributed by atoms with E-state index in [1.165, 1.54) is 10.6 Å². The second-order valence-electron chi connectivity index (χ2n) is 7.36. The number of hydrogen-bond acceptors (Lipinski definition) is 3. The molecule has 1 aromatic carbocycles. The molecule has 0 aliphatic carbocycles. The van der Waals surface area contributed by atoms with Crippen molar-refractivity contribution in [1.82, 2.24) is 14.8 Å². The number of nitrogens with zero attached hydrogens (tertiary/aromatic N) is 2. The van der Waals surface area contributed by atoms with Crippen molar-refractivity contribution in [2.75, 3.05) is 25.0 Å². The summed E-state index contributed by atoms with van der Waals surface area (Å²) in [5, 5.41) is 5.71. The third kappa shape index (κ3) is 6.19. The zero-order valence-electron chi connectivity index (χ0n) is 16.4. The molecule has 1 aliphatic rings.